The number of hydrogen-bond acceptors (Lipinski definition) is 6. The highest BCUT2D eigenvalue weighted by atomic mass is 19.1. The molecule has 0 unspecified atom stereocenters. The second-order valence-corrected chi connectivity index (χ2v) is 12.3. The van der Waals surface area contributed by atoms with E-state index in [0.717, 1.165) is 0 Å². The average Bonchev–Trinajstić information content (AvgIpc) is 3.20. The van der Waals surface area contributed by atoms with Crippen molar-refractivity contribution in [3.05, 3.63) is 69.7 Å². The first-order valence-corrected chi connectivity index (χ1v) is 13.7. The van der Waals surface area contributed by atoms with E-state index < -0.39 is 28.6 Å². The molecular formula is C32H40FN3O6. The smallest absolute Gasteiger partial charge is 0.440 e. The lowest BCUT2D eigenvalue weighted by Gasteiger charge is -2.28. The van der Waals surface area contributed by atoms with Gasteiger partial charge < -0.3 is 24.8 Å². The van der Waals surface area contributed by atoms with E-state index in [-0.39, 0.29) is 65.3 Å². The Morgan fingerprint density at radius 3 is 2.14 bits per heavy atom. The first-order chi connectivity index (χ1) is 19.4. The SMILES string of the molecule is C=C(C)OC(=O)N=C1c2cc(C(=O)NC)c(OCC)c(F)c2CN1CC(=O)c1cc(C(C)(C)C)c(O)c(C(C)(C)C)c1. The Hall–Kier alpha value is -4.21. The maximum Gasteiger partial charge on any atom is 0.440 e. The van der Waals surface area contributed by atoms with Crippen LogP contribution in [0.3, 0.4) is 0 Å². The number of nitrogens with zero attached hydrogens (tertiary/aromatic N) is 2. The first kappa shape index (κ1) is 32.3. The number of carbonyl (C=O) groups excluding carboxylic acids is 3. The molecule has 0 spiro atoms. The van der Waals surface area contributed by atoms with Crippen LogP contribution in [0.4, 0.5) is 9.18 Å². The summed E-state index contributed by atoms with van der Waals surface area (Å²) in [5, 5.41) is 13.6. The molecule has 0 saturated carbocycles. The summed E-state index contributed by atoms with van der Waals surface area (Å²) in [5.41, 5.74) is 0.872. The van der Waals surface area contributed by atoms with Crippen molar-refractivity contribution in [1.82, 2.24) is 10.2 Å². The van der Waals surface area contributed by atoms with Gasteiger partial charge in [-0.1, -0.05) is 48.1 Å². The minimum atomic E-state index is -1.01. The molecular weight excluding hydrogens is 541 g/mol. The van der Waals surface area contributed by atoms with E-state index in [9.17, 15) is 19.5 Å². The van der Waals surface area contributed by atoms with Gasteiger partial charge in [0.1, 0.15) is 11.6 Å². The van der Waals surface area contributed by atoms with Crippen LogP contribution in [0.15, 0.2) is 35.5 Å². The van der Waals surface area contributed by atoms with Crippen LogP contribution < -0.4 is 10.1 Å². The van der Waals surface area contributed by atoms with Crippen LogP contribution in [0, 0.1) is 5.82 Å². The maximum atomic E-state index is 15.9. The van der Waals surface area contributed by atoms with Crippen molar-refractivity contribution in [2.24, 2.45) is 4.99 Å². The Kier molecular flexibility index (Phi) is 9.19. The van der Waals surface area contributed by atoms with Gasteiger partial charge in [-0.25, -0.2) is 9.18 Å². The molecule has 0 radical (unpaired) electrons. The van der Waals surface area contributed by atoms with Crippen molar-refractivity contribution in [1.29, 1.82) is 0 Å². The zero-order chi connectivity index (χ0) is 31.7. The summed E-state index contributed by atoms with van der Waals surface area (Å²) in [6.45, 7) is 18.1. The average molecular weight is 582 g/mol. The number of halogens is 1. The molecule has 226 valence electrons. The molecule has 2 aromatic rings. The number of hydrogen-bond donors (Lipinski definition) is 2. The summed E-state index contributed by atoms with van der Waals surface area (Å²) in [6.07, 6.45) is -1.01. The number of benzene rings is 2. The standard InChI is InChI=1S/C32H40FN3O6/c1-11-41-27-20(29(39)34-10)14-19-21(25(27)33)15-36(28(19)35-30(40)42-17(2)3)16-24(37)18-12-22(31(4,5)6)26(38)23(13-18)32(7,8)9/h12-14,38H,2,11,15-16H2,1,3-10H3,(H,34,39). The van der Waals surface area contributed by atoms with Crippen molar-refractivity contribution in [2.45, 2.75) is 72.8 Å². The normalized spacial score (nSPS) is 14.0. The monoisotopic (exact) mass is 581 g/mol. The summed E-state index contributed by atoms with van der Waals surface area (Å²) in [4.78, 5) is 44.6. The van der Waals surface area contributed by atoms with Crippen LogP contribution in [-0.4, -0.2) is 53.8 Å². The zero-order valence-corrected chi connectivity index (χ0v) is 25.8. The highest BCUT2D eigenvalue weighted by Gasteiger charge is 2.36. The van der Waals surface area contributed by atoms with Gasteiger partial charge in [0, 0.05) is 41.4 Å². The predicted molar refractivity (Wildman–Crippen MR) is 159 cm³/mol. The Morgan fingerprint density at radius 2 is 1.67 bits per heavy atom. The molecule has 0 atom stereocenters. The number of ketones is 1. The van der Waals surface area contributed by atoms with Gasteiger partial charge >= 0.3 is 6.09 Å². The Bertz CT molecular complexity index is 1450. The zero-order valence-electron chi connectivity index (χ0n) is 25.8. The van der Waals surface area contributed by atoms with Crippen molar-refractivity contribution in [3.8, 4) is 11.5 Å². The molecule has 2 amide bonds. The van der Waals surface area contributed by atoms with Crippen molar-refractivity contribution < 1.29 is 33.4 Å². The fourth-order valence-electron chi connectivity index (χ4n) is 4.77. The molecule has 3 rings (SSSR count). The van der Waals surface area contributed by atoms with Gasteiger partial charge in [-0.15, -0.1) is 0 Å². The van der Waals surface area contributed by atoms with Gasteiger partial charge in [0.25, 0.3) is 5.91 Å². The second kappa shape index (κ2) is 12.0. The van der Waals surface area contributed by atoms with Crippen LogP contribution in [0.5, 0.6) is 11.5 Å². The van der Waals surface area contributed by atoms with E-state index in [4.69, 9.17) is 9.47 Å². The Balaban J connectivity index is 2.17. The molecule has 2 N–H and O–H groups in total. The van der Waals surface area contributed by atoms with E-state index in [1.807, 2.05) is 41.5 Å². The Labute approximate surface area is 246 Å². The molecule has 0 saturated heterocycles. The number of ether oxygens (including phenoxy) is 2. The van der Waals surface area contributed by atoms with Crippen LogP contribution in [-0.2, 0) is 22.1 Å². The number of amides is 2. The minimum Gasteiger partial charge on any atom is -0.507 e. The number of phenolic OH excluding ortho intramolecular Hbond substituents is 1. The molecule has 42 heavy (non-hydrogen) atoms. The van der Waals surface area contributed by atoms with Gasteiger partial charge in [0.15, 0.2) is 17.3 Å². The van der Waals surface area contributed by atoms with Crippen LogP contribution in [0.1, 0.15) is 98.4 Å². The summed E-state index contributed by atoms with van der Waals surface area (Å²) < 4.78 is 26.4. The van der Waals surface area contributed by atoms with E-state index in [0.29, 0.717) is 16.7 Å². The number of aromatic hydroxyl groups is 1. The molecule has 1 aliphatic heterocycles. The molecule has 0 aliphatic carbocycles. The first-order valence-electron chi connectivity index (χ1n) is 13.7. The lowest BCUT2D eigenvalue weighted by atomic mass is 9.78. The topological polar surface area (TPSA) is 118 Å². The van der Waals surface area contributed by atoms with Gasteiger partial charge in [-0.05, 0) is 42.9 Å². The third-order valence-electron chi connectivity index (χ3n) is 6.81. The third-order valence-corrected chi connectivity index (χ3v) is 6.81. The number of fused-ring (bicyclic) bond motifs is 1. The number of phenols is 1. The van der Waals surface area contributed by atoms with Crippen molar-refractivity contribution in [2.75, 3.05) is 20.2 Å². The lowest BCUT2D eigenvalue weighted by molar-refractivity contribution is 0.0952. The number of amidine groups is 1. The molecule has 0 fully saturated rings. The van der Waals surface area contributed by atoms with Crippen molar-refractivity contribution >= 4 is 23.6 Å². The van der Waals surface area contributed by atoms with E-state index in [2.05, 4.69) is 16.9 Å². The minimum absolute atomic E-state index is 0.0254. The van der Waals surface area contributed by atoms with E-state index in [1.165, 1.54) is 24.9 Å². The van der Waals surface area contributed by atoms with E-state index in [1.54, 1.807) is 19.1 Å². The van der Waals surface area contributed by atoms with Crippen molar-refractivity contribution in [3.63, 3.8) is 0 Å². The number of allylic oxidation sites excluding steroid dienone is 1. The fraction of sp³-hybridized carbons (Fsp3) is 0.438. The summed E-state index contributed by atoms with van der Waals surface area (Å²) >= 11 is 0. The summed E-state index contributed by atoms with van der Waals surface area (Å²) in [5.74, 6) is -1.72. The number of aliphatic imine (C=N–C) groups is 1. The number of carbonyl (C=O) groups is 3. The van der Waals surface area contributed by atoms with Gasteiger partial charge in [0.2, 0.25) is 0 Å². The summed E-state index contributed by atoms with van der Waals surface area (Å²) in [6, 6.07) is 4.73. The van der Waals surface area contributed by atoms with Crippen LogP contribution >= 0.6 is 0 Å². The molecule has 1 aliphatic rings. The quantitative estimate of drug-likeness (QED) is 0.304. The highest BCUT2D eigenvalue weighted by molar-refractivity contribution is 6.11. The fourth-order valence-corrected chi connectivity index (χ4v) is 4.77. The van der Waals surface area contributed by atoms with Gasteiger partial charge in [-0.3, -0.25) is 9.59 Å². The van der Waals surface area contributed by atoms with Gasteiger partial charge in [0.05, 0.1) is 24.5 Å². The number of nitrogens with one attached hydrogen (secondary N) is 1. The highest BCUT2D eigenvalue weighted by Crippen LogP contribution is 2.40. The van der Waals surface area contributed by atoms with Gasteiger partial charge in [-0.2, -0.15) is 4.99 Å². The predicted octanol–water partition coefficient (Wildman–Crippen LogP) is 6.00. The number of Topliss-reactive ketones (excluding diaryl/α,β-unsaturated/α-hetero) is 1. The molecule has 1 heterocycles. The molecule has 9 nitrogen and oxygen atoms in total. The molecule has 10 heteroatoms. The molecule has 0 aromatic heterocycles. The largest absolute Gasteiger partial charge is 0.507 e. The van der Waals surface area contributed by atoms with Crippen LogP contribution in [0.25, 0.3) is 0 Å². The third kappa shape index (κ3) is 6.64. The molecule has 0 bridgehead atoms. The molecule has 2 aromatic carbocycles. The summed E-state index contributed by atoms with van der Waals surface area (Å²) in [7, 11) is 1.41. The lowest BCUT2D eigenvalue weighted by Crippen LogP contribution is -2.32. The maximum absolute atomic E-state index is 15.9. The second-order valence-electron chi connectivity index (χ2n) is 12.3. The van der Waals surface area contributed by atoms with E-state index >= 15 is 4.39 Å². The van der Waals surface area contributed by atoms with Crippen LogP contribution in [0.2, 0.25) is 0 Å². The Morgan fingerprint density at radius 1 is 1.10 bits per heavy atom. The number of rotatable bonds is 7.